The van der Waals surface area contributed by atoms with E-state index in [0.717, 1.165) is 16.0 Å². The fourth-order valence-corrected chi connectivity index (χ4v) is 5.48. The van der Waals surface area contributed by atoms with Gasteiger partial charge in [-0.05, 0) is 17.2 Å². The van der Waals surface area contributed by atoms with Crippen LogP contribution in [0.25, 0.3) is 0 Å². The maximum absolute atomic E-state index is 13.8. The Morgan fingerprint density at radius 1 is 0.947 bits per heavy atom. The first-order chi connectivity index (χ1) is 18.4. The van der Waals surface area contributed by atoms with Crippen molar-refractivity contribution in [2.24, 2.45) is 11.8 Å². The van der Waals surface area contributed by atoms with Gasteiger partial charge in [-0.15, -0.1) is 0 Å². The minimum Gasteiger partial charge on any atom is -0.493 e. The van der Waals surface area contributed by atoms with Gasteiger partial charge < -0.3 is 19.7 Å². The lowest BCUT2D eigenvalue weighted by atomic mass is 9.79. The SMILES string of the molecule is COc1cccc(C2NC(CO)(C(=O)O)C3C(=O)N(Cc4ccccc4)C(=O)C23)c1OCc1ccccc1. The highest BCUT2D eigenvalue weighted by atomic mass is 16.5. The van der Waals surface area contributed by atoms with E-state index in [0.29, 0.717) is 17.1 Å². The van der Waals surface area contributed by atoms with Crippen LogP contribution in [0.1, 0.15) is 22.7 Å². The van der Waals surface area contributed by atoms with Crippen LogP contribution in [0.5, 0.6) is 11.5 Å². The minimum absolute atomic E-state index is 0.00876. The highest BCUT2D eigenvalue weighted by molar-refractivity contribution is 6.09. The Morgan fingerprint density at radius 3 is 2.21 bits per heavy atom. The molecule has 2 amide bonds. The first-order valence-corrected chi connectivity index (χ1v) is 12.3. The Morgan fingerprint density at radius 2 is 1.61 bits per heavy atom. The number of imide groups is 1. The third-order valence-electron chi connectivity index (χ3n) is 7.35. The second kappa shape index (κ2) is 10.3. The molecule has 4 unspecified atom stereocenters. The molecule has 5 rings (SSSR count). The number of aliphatic hydroxyl groups excluding tert-OH is 1. The quantitative estimate of drug-likeness (QED) is 0.371. The number of hydrogen-bond acceptors (Lipinski definition) is 7. The zero-order valence-electron chi connectivity index (χ0n) is 20.7. The number of ether oxygens (including phenoxy) is 2. The van der Waals surface area contributed by atoms with Crippen LogP contribution in [0, 0.1) is 11.8 Å². The number of nitrogens with one attached hydrogen (secondary N) is 1. The van der Waals surface area contributed by atoms with Gasteiger partial charge >= 0.3 is 5.97 Å². The predicted octanol–water partition coefficient (Wildman–Crippen LogP) is 2.54. The predicted molar refractivity (Wildman–Crippen MR) is 136 cm³/mol. The lowest BCUT2D eigenvalue weighted by Gasteiger charge is -2.29. The van der Waals surface area contributed by atoms with Gasteiger partial charge in [-0.25, -0.2) is 0 Å². The van der Waals surface area contributed by atoms with Crippen molar-refractivity contribution >= 4 is 17.8 Å². The number of carbonyl (C=O) groups is 3. The van der Waals surface area contributed by atoms with E-state index in [1.54, 1.807) is 42.5 Å². The molecule has 2 aliphatic heterocycles. The van der Waals surface area contributed by atoms with E-state index in [-0.39, 0.29) is 13.2 Å². The maximum Gasteiger partial charge on any atom is 0.327 e. The van der Waals surface area contributed by atoms with Gasteiger partial charge in [-0.1, -0.05) is 72.8 Å². The first-order valence-electron chi connectivity index (χ1n) is 12.3. The second-order valence-corrected chi connectivity index (χ2v) is 9.46. The number of amides is 2. The van der Waals surface area contributed by atoms with Gasteiger partial charge in [-0.3, -0.25) is 24.6 Å². The van der Waals surface area contributed by atoms with E-state index in [4.69, 9.17) is 9.47 Å². The standard InChI is InChI=1S/C29H28N2O7/c1-37-21-14-8-13-20(25(21)38-16-19-11-6-3-7-12-19)24-22-23(29(17-32,30-24)28(35)36)27(34)31(26(22)33)15-18-9-4-2-5-10-18/h2-14,22-24,30,32H,15-17H2,1H3,(H,35,36). The van der Waals surface area contributed by atoms with Crippen molar-refractivity contribution in [2.45, 2.75) is 24.7 Å². The number of para-hydroxylation sites is 1. The lowest BCUT2D eigenvalue weighted by molar-refractivity contribution is -0.153. The van der Waals surface area contributed by atoms with Crippen molar-refractivity contribution in [3.63, 3.8) is 0 Å². The lowest BCUT2D eigenvalue weighted by Crippen LogP contribution is -2.58. The number of likely N-dealkylation sites (tertiary alicyclic amines) is 1. The molecule has 2 saturated heterocycles. The van der Waals surface area contributed by atoms with E-state index < -0.39 is 47.8 Å². The van der Waals surface area contributed by atoms with Crippen molar-refractivity contribution in [3.05, 3.63) is 95.6 Å². The topological polar surface area (TPSA) is 125 Å². The Labute approximate surface area is 219 Å². The Balaban J connectivity index is 1.57. The number of carboxylic acid groups (broad SMARTS) is 1. The van der Waals surface area contributed by atoms with Gasteiger partial charge in [0.15, 0.2) is 17.0 Å². The number of rotatable bonds is 9. The molecule has 4 atom stereocenters. The van der Waals surface area contributed by atoms with Crippen LogP contribution in [0.3, 0.4) is 0 Å². The monoisotopic (exact) mass is 516 g/mol. The highest BCUT2D eigenvalue weighted by Gasteiger charge is 2.68. The Bertz CT molecular complexity index is 1350. The van der Waals surface area contributed by atoms with Gasteiger partial charge in [0.1, 0.15) is 6.61 Å². The second-order valence-electron chi connectivity index (χ2n) is 9.46. The summed E-state index contributed by atoms with van der Waals surface area (Å²) in [7, 11) is 1.49. The van der Waals surface area contributed by atoms with Crippen LogP contribution in [0.4, 0.5) is 0 Å². The molecular weight excluding hydrogens is 488 g/mol. The molecule has 2 fully saturated rings. The van der Waals surface area contributed by atoms with Crippen molar-refractivity contribution < 1.29 is 34.1 Å². The summed E-state index contributed by atoms with van der Waals surface area (Å²) in [6.07, 6.45) is 0. The molecule has 2 heterocycles. The van der Waals surface area contributed by atoms with Gasteiger partial charge in [0.05, 0.1) is 32.1 Å². The number of aliphatic carboxylic acids is 1. The van der Waals surface area contributed by atoms with E-state index in [2.05, 4.69) is 5.32 Å². The summed E-state index contributed by atoms with van der Waals surface area (Å²) in [6.45, 7) is -0.663. The molecule has 2 aliphatic rings. The van der Waals surface area contributed by atoms with E-state index >= 15 is 0 Å². The first kappa shape index (κ1) is 25.4. The normalized spacial score (nSPS) is 24.4. The van der Waals surface area contributed by atoms with Crippen LogP contribution in [-0.4, -0.2) is 52.2 Å². The number of carboxylic acids is 1. The van der Waals surface area contributed by atoms with E-state index in [1.807, 2.05) is 36.4 Å². The Kier molecular flexibility index (Phi) is 6.88. The van der Waals surface area contributed by atoms with Gasteiger partial charge in [0, 0.05) is 11.6 Å². The summed E-state index contributed by atoms with van der Waals surface area (Å²) in [6, 6.07) is 22.7. The zero-order valence-corrected chi connectivity index (χ0v) is 20.7. The third-order valence-corrected chi connectivity index (χ3v) is 7.35. The molecule has 0 bridgehead atoms. The summed E-state index contributed by atoms with van der Waals surface area (Å²) < 4.78 is 11.7. The zero-order chi connectivity index (χ0) is 26.9. The summed E-state index contributed by atoms with van der Waals surface area (Å²) >= 11 is 0. The highest BCUT2D eigenvalue weighted by Crippen LogP contribution is 2.51. The summed E-state index contributed by atoms with van der Waals surface area (Å²) in [5.41, 5.74) is 0.0530. The van der Waals surface area contributed by atoms with Crippen molar-refractivity contribution in [1.82, 2.24) is 10.2 Å². The number of carbonyl (C=O) groups excluding carboxylic acids is 2. The van der Waals surface area contributed by atoms with Crippen molar-refractivity contribution in [1.29, 1.82) is 0 Å². The summed E-state index contributed by atoms with van der Waals surface area (Å²) in [4.78, 5) is 41.0. The number of aliphatic hydroxyl groups is 1. The Hall–Kier alpha value is -4.21. The summed E-state index contributed by atoms with van der Waals surface area (Å²) in [5, 5.41) is 23.5. The maximum atomic E-state index is 13.8. The molecule has 38 heavy (non-hydrogen) atoms. The van der Waals surface area contributed by atoms with E-state index in [1.165, 1.54) is 7.11 Å². The fraction of sp³-hybridized carbons (Fsp3) is 0.276. The van der Waals surface area contributed by atoms with Crippen LogP contribution in [0.15, 0.2) is 78.9 Å². The van der Waals surface area contributed by atoms with Crippen LogP contribution in [-0.2, 0) is 27.5 Å². The third kappa shape index (κ3) is 4.19. The van der Waals surface area contributed by atoms with Gasteiger partial charge in [-0.2, -0.15) is 0 Å². The molecule has 0 spiro atoms. The van der Waals surface area contributed by atoms with Crippen LogP contribution < -0.4 is 14.8 Å². The molecule has 3 aromatic rings. The molecule has 3 N–H and O–H groups in total. The number of fused-ring (bicyclic) bond motifs is 1. The molecule has 0 radical (unpaired) electrons. The van der Waals surface area contributed by atoms with Gasteiger partial charge in [0.2, 0.25) is 11.8 Å². The van der Waals surface area contributed by atoms with Crippen LogP contribution in [0.2, 0.25) is 0 Å². The molecular formula is C29H28N2O7. The van der Waals surface area contributed by atoms with E-state index in [9.17, 15) is 24.6 Å². The largest absolute Gasteiger partial charge is 0.493 e. The molecule has 9 heteroatoms. The molecule has 196 valence electrons. The average Bonchev–Trinajstić information content (AvgIpc) is 3.42. The van der Waals surface area contributed by atoms with Crippen molar-refractivity contribution in [2.75, 3.05) is 13.7 Å². The number of nitrogens with zero attached hydrogens (tertiary/aromatic N) is 1. The molecule has 9 nitrogen and oxygen atoms in total. The van der Waals surface area contributed by atoms with Gasteiger partial charge in [0.25, 0.3) is 0 Å². The number of methoxy groups -OCH3 is 1. The molecule has 0 saturated carbocycles. The van der Waals surface area contributed by atoms with Crippen molar-refractivity contribution in [3.8, 4) is 11.5 Å². The molecule has 3 aromatic carbocycles. The average molecular weight is 517 g/mol. The smallest absolute Gasteiger partial charge is 0.327 e. The fourth-order valence-electron chi connectivity index (χ4n) is 5.48. The molecule has 0 aromatic heterocycles. The number of benzene rings is 3. The van der Waals surface area contributed by atoms with Crippen LogP contribution >= 0.6 is 0 Å². The summed E-state index contributed by atoms with van der Waals surface area (Å²) in [5.74, 6) is -4.20. The minimum atomic E-state index is -2.05. The number of hydrogen-bond donors (Lipinski definition) is 3. The molecule has 0 aliphatic carbocycles.